The number of rotatable bonds is 57. The number of hydrogen-bond donors (Lipinski definition) is 0. The van der Waals surface area contributed by atoms with E-state index in [0.29, 0.717) is 19.3 Å². The second-order valence-electron chi connectivity index (χ2n) is 20.9. The van der Waals surface area contributed by atoms with E-state index >= 15 is 0 Å². The van der Waals surface area contributed by atoms with Crippen LogP contribution in [-0.2, 0) is 28.6 Å². The number of ether oxygens (including phenoxy) is 3. The Morgan fingerprint density at radius 2 is 0.533 bits per heavy atom. The van der Waals surface area contributed by atoms with Crippen LogP contribution in [0.1, 0.15) is 303 Å². The van der Waals surface area contributed by atoms with Crippen molar-refractivity contribution >= 4 is 17.9 Å². The molecule has 0 amide bonds. The minimum absolute atomic E-state index is 0.0978. The molecule has 0 radical (unpaired) electrons. The zero-order valence-electron chi connectivity index (χ0n) is 49.3. The standard InChI is InChI=1S/C69H118O6/c1-4-7-10-13-16-19-22-25-28-30-32-33-34-35-37-38-41-44-47-50-53-56-59-62-68(71)74-65-66(64-73-67(70)61-58-55-52-49-46-43-40-27-24-21-18-15-12-9-6-3)75-69(72)63-60-57-54-51-48-45-42-39-36-31-29-26-23-20-17-14-11-8-5-2/h7,10,16,19,25,27-28,32-33,35,37,40-41,44,50,53,66H,4-6,8-9,11-15,17-18,20-24,26,29-31,34,36,38-39,42-43,45-49,51-52,54-65H2,1-3H3/b10-7-,19-16-,28-25-,33-32-,37-35-,40-27-,44-41-,53-50-. The van der Waals surface area contributed by atoms with Gasteiger partial charge in [-0.15, -0.1) is 0 Å². The molecule has 6 heteroatoms. The topological polar surface area (TPSA) is 78.9 Å². The lowest BCUT2D eigenvalue weighted by molar-refractivity contribution is -0.167. The Hall–Kier alpha value is -3.67. The molecule has 0 N–H and O–H groups in total. The van der Waals surface area contributed by atoms with Crippen molar-refractivity contribution in [1.82, 2.24) is 0 Å². The Bertz CT molecular complexity index is 1480. The first kappa shape index (κ1) is 71.3. The van der Waals surface area contributed by atoms with Crippen LogP contribution in [0.25, 0.3) is 0 Å². The van der Waals surface area contributed by atoms with E-state index in [1.165, 1.54) is 161 Å². The van der Waals surface area contributed by atoms with Crippen molar-refractivity contribution in [2.75, 3.05) is 13.2 Å². The fraction of sp³-hybridized carbons (Fsp3) is 0.725. The molecule has 0 heterocycles. The van der Waals surface area contributed by atoms with Crippen molar-refractivity contribution in [2.24, 2.45) is 0 Å². The van der Waals surface area contributed by atoms with Crippen LogP contribution < -0.4 is 0 Å². The Morgan fingerprint density at radius 3 is 0.880 bits per heavy atom. The summed E-state index contributed by atoms with van der Waals surface area (Å²) in [6.45, 7) is 6.50. The highest BCUT2D eigenvalue weighted by molar-refractivity contribution is 5.71. The number of unbranched alkanes of at least 4 members (excludes halogenated alkanes) is 30. The zero-order valence-corrected chi connectivity index (χ0v) is 49.3. The highest BCUT2D eigenvalue weighted by atomic mass is 16.6. The van der Waals surface area contributed by atoms with E-state index in [1.54, 1.807) is 0 Å². The van der Waals surface area contributed by atoms with Gasteiger partial charge in [0.25, 0.3) is 0 Å². The highest BCUT2D eigenvalue weighted by Crippen LogP contribution is 2.16. The van der Waals surface area contributed by atoms with Crippen molar-refractivity contribution in [1.29, 1.82) is 0 Å². The molecule has 430 valence electrons. The van der Waals surface area contributed by atoms with Gasteiger partial charge in [-0.25, -0.2) is 0 Å². The van der Waals surface area contributed by atoms with Crippen molar-refractivity contribution in [2.45, 2.75) is 309 Å². The van der Waals surface area contributed by atoms with Crippen LogP contribution in [0.3, 0.4) is 0 Å². The largest absolute Gasteiger partial charge is 0.462 e. The third kappa shape index (κ3) is 61.1. The third-order valence-corrected chi connectivity index (χ3v) is 13.6. The molecule has 0 fully saturated rings. The van der Waals surface area contributed by atoms with Crippen molar-refractivity contribution in [3.05, 3.63) is 97.2 Å². The summed E-state index contributed by atoms with van der Waals surface area (Å²) in [6.07, 6.45) is 84.1. The van der Waals surface area contributed by atoms with Crippen molar-refractivity contribution in [3.8, 4) is 0 Å². The van der Waals surface area contributed by atoms with Crippen LogP contribution in [0.4, 0.5) is 0 Å². The second-order valence-corrected chi connectivity index (χ2v) is 20.9. The fourth-order valence-electron chi connectivity index (χ4n) is 8.84. The van der Waals surface area contributed by atoms with E-state index in [1.807, 2.05) is 0 Å². The average molecular weight is 1040 g/mol. The van der Waals surface area contributed by atoms with Gasteiger partial charge >= 0.3 is 17.9 Å². The summed E-state index contributed by atoms with van der Waals surface area (Å²) in [5, 5.41) is 0. The molecule has 0 aliphatic carbocycles. The number of hydrogen-bond acceptors (Lipinski definition) is 6. The van der Waals surface area contributed by atoms with Gasteiger partial charge in [-0.2, -0.15) is 0 Å². The molecular formula is C69H118O6. The second kappa shape index (κ2) is 62.9. The molecule has 0 saturated heterocycles. The first-order chi connectivity index (χ1) is 37.0. The molecule has 75 heavy (non-hydrogen) atoms. The van der Waals surface area contributed by atoms with E-state index in [9.17, 15) is 14.4 Å². The molecule has 6 nitrogen and oxygen atoms in total. The first-order valence-corrected chi connectivity index (χ1v) is 31.7. The number of carbonyl (C=O) groups excluding carboxylic acids is 3. The van der Waals surface area contributed by atoms with Crippen LogP contribution in [0.15, 0.2) is 97.2 Å². The lowest BCUT2D eigenvalue weighted by Gasteiger charge is -2.18. The van der Waals surface area contributed by atoms with Gasteiger partial charge in [0, 0.05) is 19.3 Å². The monoisotopic (exact) mass is 1040 g/mol. The summed E-state index contributed by atoms with van der Waals surface area (Å²) in [7, 11) is 0. The van der Waals surface area contributed by atoms with Gasteiger partial charge in [0.1, 0.15) is 13.2 Å². The zero-order chi connectivity index (χ0) is 54.3. The van der Waals surface area contributed by atoms with Gasteiger partial charge < -0.3 is 14.2 Å². The number of allylic oxidation sites excluding steroid dienone is 16. The molecule has 0 rings (SSSR count). The summed E-state index contributed by atoms with van der Waals surface area (Å²) in [5.74, 6) is -0.956. The molecule has 0 spiro atoms. The summed E-state index contributed by atoms with van der Waals surface area (Å²) in [6, 6.07) is 0. The summed E-state index contributed by atoms with van der Waals surface area (Å²) in [4.78, 5) is 38.3. The minimum atomic E-state index is -0.805. The van der Waals surface area contributed by atoms with E-state index in [4.69, 9.17) is 14.2 Å². The van der Waals surface area contributed by atoms with Crippen molar-refractivity contribution in [3.63, 3.8) is 0 Å². The lowest BCUT2D eigenvalue weighted by Crippen LogP contribution is -2.30. The summed E-state index contributed by atoms with van der Waals surface area (Å²) in [5.41, 5.74) is 0. The molecule has 1 atom stereocenters. The minimum Gasteiger partial charge on any atom is -0.462 e. The van der Waals surface area contributed by atoms with Crippen LogP contribution in [0.2, 0.25) is 0 Å². The maximum absolute atomic E-state index is 12.9. The molecule has 0 aliphatic rings. The Labute approximate surface area is 464 Å². The molecule has 0 saturated carbocycles. The maximum Gasteiger partial charge on any atom is 0.306 e. The van der Waals surface area contributed by atoms with E-state index in [0.717, 1.165) is 96.3 Å². The predicted octanol–water partition coefficient (Wildman–Crippen LogP) is 21.7. The Balaban J connectivity index is 4.46. The lowest BCUT2D eigenvalue weighted by atomic mass is 10.0. The summed E-state index contributed by atoms with van der Waals surface area (Å²) < 4.78 is 16.9. The molecule has 0 aromatic carbocycles. The third-order valence-electron chi connectivity index (χ3n) is 13.6. The van der Waals surface area contributed by atoms with Crippen LogP contribution >= 0.6 is 0 Å². The van der Waals surface area contributed by atoms with Gasteiger partial charge in [-0.1, -0.05) is 285 Å². The van der Waals surface area contributed by atoms with Gasteiger partial charge in [0.05, 0.1) is 0 Å². The van der Waals surface area contributed by atoms with Crippen LogP contribution in [0.5, 0.6) is 0 Å². The normalized spacial score (nSPS) is 12.7. The first-order valence-electron chi connectivity index (χ1n) is 31.7. The van der Waals surface area contributed by atoms with Gasteiger partial charge in [0.15, 0.2) is 6.10 Å². The predicted molar refractivity (Wildman–Crippen MR) is 325 cm³/mol. The molecule has 0 bridgehead atoms. The van der Waals surface area contributed by atoms with Crippen LogP contribution in [-0.4, -0.2) is 37.2 Å². The number of carbonyl (C=O) groups is 3. The SMILES string of the molecule is CC/C=C\C/C=C\C/C=C\C/C=C\C/C=C\C/C=C\C/C=C\CCCC(=O)OCC(COC(=O)CCCCCCC/C=C\CCCCCCCC)OC(=O)CCCCCCCCCCCCCCCCCCCCC. The maximum atomic E-state index is 12.9. The summed E-state index contributed by atoms with van der Waals surface area (Å²) >= 11 is 0. The van der Waals surface area contributed by atoms with E-state index < -0.39 is 6.10 Å². The smallest absolute Gasteiger partial charge is 0.306 e. The quantitative estimate of drug-likeness (QED) is 0.0261. The Kier molecular flexibility index (Phi) is 59.8. The van der Waals surface area contributed by atoms with Crippen molar-refractivity contribution < 1.29 is 28.6 Å². The van der Waals surface area contributed by atoms with Gasteiger partial charge in [-0.05, 0) is 96.3 Å². The molecule has 1 unspecified atom stereocenters. The Morgan fingerprint density at radius 1 is 0.280 bits per heavy atom. The van der Waals surface area contributed by atoms with Crippen LogP contribution in [0, 0.1) is 0 Å². The molecule has 0 aromatic heterocycles. The average Bonchev–Trinajstić information content (AvgIpc) is 3.41. The molecule has 0 aromatic rings. The van der Waals surface area contributed by atoms with Gasteiger partial charge in [-0.3, -0.25) is 14.4 Å². The van der Waals surface area contributed by atoms with Gasteiger partial charge in [0.2, 0.25) is 0 Å². The molecular weight excluding hydrogens is 925 g/mol. The van der Waals surface area contributed by atoms with E-state index in [2.05, 4.69) is 118 Å². The fourth-order valence-corrected chi connectivity index (χ4v) is 8.84. The van der Waals surface area contributed by atoms with E-state index in [-0.39, 0.29) is 37.5 Å². The number of esters is 3. The molecule has 0 aliphatic heterocycles. The highest BCUT2D eigenvalue weighted by Gasteiger charge is 2.19.